The Hall–Kier alpha value is -6.18. The molecule has 2 aliphatic carbocycles. The van der Waals surface area contributed by atoms with Gasteiger partial charge in [0.1, 0.15) is 0 Å². The van der Waals surface area contributed by atoms with Crippen LogP contribution in [0.15, 0.2) is 170 Å². The number of aromatic nitrogens is 1. The van der Waals surface area contributed by atoms with Crippen molar-refractivity contribution in [3.63, 3.8) is 0 Å². The molecular weight excluding hydrogens is 579 g/mol. The van der Waals surface area contributed by atoms with Gasteiger partial charge in [-0.05, 0) is 90.7 Å². The zero-order chi connectivity index (χ0) is 31.3. The predicted molar refractivity (Wildman–Crippen MR) is 201 cm³/mol. The molecule has 0 fully saturated rings. The topological polar surface area (TPSA) is 4.93 Å². The van der Waals surface area contributed by atoms with Gasteiger partial charge in [-0.1, -0.05) is 146 Å². The Balaban J connectivity index is 1.34. The van der Waals surface area contributed by atoms with Gasteiger partial charge in [-0.2, -0.15) is 0 Å². The first kappa shape index (κ1) is 25.9. The number of para-hydroxylation sites is 1. The van der Waals surface area contributed by atoms with Gasteiger partial charge < -0.3 is 4.57 Å². The molecule has 0 saturated carbocycles. The van der Waals surface area contributed by atoms with Gasteiger partial charge in [0.25, 0.3) is 0 Å². The summed E-state index contributed by atoms with van der Waals surface area (Å²) in [6, 6.07) is 62.9. The number of nitrogens with zero attached hydrogens (tertiary/aromatic N) is 1. The zero-order valence-electron chi connectivity index (χ0n) is 26.2. The third kappa shape index (κ3) is 3.40. The Morgan fingerprint density at radius 1 is 0.396 bits per heavy atom. The Bertz CT molecular complexity index is 2710. The van der Waals surface area contributed by atoms with Crippen LogP contribution in [-0.4, -0.2) is 4.57 Å². The molecule has 1 heteroatoms. The standard InChI is InChI=1S/C47H29N/c1-3-14-29(15-4-1)31-26-32(30-16-5-2-6-17-30)28-33(27-31)48-41-25-12-11-22-39(41)43-37-20-9-10-21-38(37)45-44-36-19-8-7-18-34(36)35-23-13-24-40(42(35)44)46(45)47(43)48/h1-28,44H/t44-/m0/s1. The molecule has 1 nitrogen and oxygen atoms in total. The Kier molecular flexibility index (Phi) is 5.23. The molecule has 1 aromatic heterocycles. The van der Waals surface area contributed by atoms with E-state index in [1.807, 2.05) is 0 Å². The van der Waals surface area contributed by atoms with E-state index in [0.29, 0.717) is 0 Å². The maximum atomic E-state index is 2.57. The van der Waals surface area contributed by atoms with Crippen molar-refractivity contribution < 1.29 is 0 Å². The van der Waals surface area contributed by atoms with E-state index in [-0.39, 0.29) is 5.92 Å². The third-order valence-electron chi connectivity index (χ3n) is 10.8. The molecule has 2 aliphatic rings. The first-order chi connectivity index (χ1) is 23.8. The second-order valence-electron chi connectivity index (χ2n) is 13.2. The lowest BCUT2D eigenvalue weighted by Gasteiger charge is -2.18. The summed E-state index contributed by atoms with van der Waals surface area (Å²) in [5, 5.41) is 5.30. The van der Waals surface area contributed by atoms with Crippen molar-refractivity contribution in [1.82, 2.24) is 4.57 Å². The highest BCUT2D eigenvalue weighted by Crippen LogP contribution is 2.61. The molecule has 8 aromatic carbocycles. The van der Waals surface area contributed by atoms with Crippen LogP contribution in [0.1, 0.15) is 22.6 Å². The van der Waals surface area contributed by atoms with E-state index in [4.69, 9.17) is 0 Å². The Morgan fingerprint density at radius 2 is 0.979 bits per heavy atom. The Morgan fingerprint density at radius 3 is 1.73 bits per heavy atom. The minimum absolute atomic E-state index is 0.221. The van der Waals surface area contributed by atoms with Gasteiger partial charge in [0, 0.05) is 27.9 Å². The van der Waals surface area contributed by atoms with Crippen molar-refractivity contribution >= 4 is 32.6 Å². The smallest absolute Gasteiger partial charge is 0.0629 e. The number of benzene rings is 8. The van der Waals surface area contributed by atoms with Crippen molar-refractivity contribution in [3.05, 3.63) is 187 Å². The van der Waals surface area contributed by atoms with Crippen LogP contribution in [0.4, 0.5) is 0 Å². The van der Waals surface area contributed by atoms with Gasteiger partial charge in [0.2, 0.25) is 0 Å². The highest BCUT2D eigenvalue weighted by molar-refractivity contribution is 6.28. The normalized spacial score (nSPS) is 14.0. The number of fused-ring (bicyclic) bond motifs is 13. The van der Waals surface area contributed by atoms with Crippen LogP contribution in [0.3, 0.4) is 0 Å². The van der Waals surface area contributed by atoms with Crippen LogP contribution in [0.2, 0.25) is 0 Å². The molecule has 0 unspecified atom stereocenters. The minimum atomic E-state index is 0.221. The van der Waals surface area contributed by atoms with E-state index in [2.05, 4.69) is 174 Å². The SMILES string of the molecule is c1ccc(-c2cc(-c3ccccc3)cc(-n3c4ccccc4c4c5ccccc5c5c(c43)-c3cccc4c3[C@@H]5c3ccccc3-4)c2)cc1. The Labute approximate surface area is 279 Å². The summed E-state index contributed by atoms with van der Waals surface area (Å²) in [6.45, 7) is 0. The molecule has 11 rings (SSSR count). The molecule has 1 atom stereocenters. The summed E-state index contributed by atoms with van der Waals surface area (Å²) in [7, 11) is 0. The van der Waals surface area contributed by atoms with E-state index >= 15 is 0 Å². The van der Waals surface area contributed by atoms with Gasteiger partial charge in [-0.3, -0.25) is 0 Å². The van der Waals surface area contributed by atoms with Gasteiger partial charge >= 0.3 is 0 Å². The first-order valence-corrected chi connectivity index (χ1v) is 16.8. The van der Waals surface area contributed by atoms with Crippen LogP contribution in [0.25, 0.3) is 82.8 Å². The van der Waals surface area contributed by atoms with Gasteiger partial charge in [-0.25, -0.2) is 0 Å². The van der Waals surface area contributed by atoms with Gasteiger partial charge in [-0.15, -0.1) is 0 Å². The molecule has 1 heterocycles. The monoisotopic (exact) mass is 607 g/mol. The molecule has 0 amide bonds. The number of rotatable bonds is 3. The molecule has 0 bridgehead atoms. The second kappa shape index (κ2) is 9.67. The first-order valence-electron chi connectivity index (χ1n) is 16.8. The van der Waals surface area contributed by atoms with Gasteiger partial charge in [0.05, 0.1) is 11.0 Å². The number of hydrogen-bond acceptors (Lipinski definition) is 0. The van der Waals surface area contributed by atoms with E-state index in [1.165, 1.54) is 99.5 Å². The van der Waals surface area contributed by atoms with E-state index in [0.717, 1.165) is 0 Å². The van der Waals surface area contributed by atoms with Crippen molar-refractivity contribution in [3.8, 4) is 50.2 Å². The molecule has 0 spiro atoms. The third-order valence-corrected chi connectivity index (χ3v) is 10.8. The molecule has 48 heavy (non-hydrogen) atoms. The summed E-state index contributed by atoms with van der Waals surface area (Å²) >= 11 is 0. The van der Waals surface area contributed by atoms with Crippen molar-refractivity contribution in [1.29, 1.82) is 0 Å². The van der Waals surface area contributed by atoms with E-state index in [9.17, 15) is 0 Å². The van der Waals surface area contributed by atoms with Crippen molar-refractivity contribution in [2.75, 3.05) is 0 Å². The molecule has 0 N–H and O–H groups in total. The summed E-state index contributed by atoms with van der Waals surface area (Å²) in [6.07, 6.45) is 0. The molecule has 222 valence electrons. The average Bonchev–Trinajstić information content (AvgIpc) is 3.81. The highest BCUT2D eigenvalue weighted by Gasteiger charge is 2.41. The van der Waals surface area contributed by atoms with Crippen LogP contribution in [-0.2, 0) is 0 Å². The highest BCUT2D eigenvalue weighted by atomic mass is 15.0. The van der Waals surface area contributed by atoms with Gasteiger partial charge in [0.15, 0.2) is 0 Å². The van der Waals surface area contributed by atoms with E-state index in [1.54, 1.807) is 0 Å². The van der Waals surface area contributed by atoms with Crippen LogP contribution >= 0.6 is 0 Å². The number of hydrogen-bond donors (Lipinski definition) is 0. The van der Waals surface area contributed by atoms with Crippen molar-refractivity contribution in [2.45, 2.75) is 5.92 Å². The van der Waals surface area contributed by atoms with Crippen molar-refractivity contribution in [2.24, 2.45) is 0 Å². The average molecular weight is 608 g/mol. The lowest BCUT2D eigenvalue weighted by atomic mass is 9.87. The fourth-order valence-corrected chi connectivity index (χ4v) is 8.90. The zero-order valence-corrected chi connectivity index (χ0v) is 26.2. The quantitative estimate of drug-likeness (QED) is 0.188. The molecule has 9 aromatic rings. The van der Waals surface area contributed by atoms with Crippen LogP contribution in [0, 0.1) is 0 Å². The molecule has 0 radical (unpaired) electrons. The summed E-state index contributed by atoms with van der Waals surface area (Å²) in [5.74, 6) is 0.221. The predicted octanol–water partition coefficient (Wildman–Crippen LogP) is 12.4. The summed E-state index contributed by atoms with van der Waals surface area (Å²) in [5.41, 5.74) is 18.4. The molecule has 0 aliphatic heterocycles. The van der Waals surface area contributed by atoms with E-state index < -0.39 is 0 Å². The molecular formula is C47H29N. The maximum absolute atomic E-state index is 2.57. The molecule has 0 saturated heterocycles. The van der Waals surface area contributed by atoms with Crippen LogP contribution < -0.4 is 0 Å². The van der Waals surface area contributed by atoms with Crippen LogP contribution in [0.5, 0.6) is 0 Å². The second-order valence-corrected chi connectivity index (χ2v) is 13.2. The fraction of sp³-hybridized carbons (Fsp3) is 0.0213. The minimum Gasteiger partial charge on any atom is -0.309 e. The fourth-order valence-electron chi connectivity index (χ4n) is 8.90. The largest absolute Gasteiger partial charge is 0.309 e. The summed E-state index contributed by atoms with van der Waals surface area (Å²) < 4.78 is 2.57. The lowest BCUT2D eigenvalue weighted by molar-refractivity contribution is 1.07. The summed E-state index contributed by atoms with van der Waals surface area (Å²) in [4.78, 5) is 0. The lowest BCUT2D eigenvalue weighted by Crippen LogP contribution is -2.00. The maximum Gasteiger partial charge on any atom is 0.0629 e.